The first kappa shape index (κ1) is 20.4. The lowest BCUT2D eigenvalue weighted by molar-refractivity contribution is -0.119. The molecule has 11 heteroatoms. The Morgan fingerprint density at radius 2 is 1.93 bits per heavy atom. The highest BCUT2D eigenvalue weighted by Crippen LogP contribution is 2.34. The molecule has 1 aliphatic rings. The second kappa shape index (κ2) is 8.09. The number of carbonyl (C=O) groups excluding carboxylic acids is 1. The highest BCUT2D eigenvalue weighted by molar-refractivity contribution is 7.91. The van der Waals surface area contributed by atoms with E-state index in [2.05, 4.69) is 15.5 Å². The molecule has 1 aliphatic heterocycles. The van der Waals surface area contributed by atoms with Crippen LogP contribution in [0.25, 0.3) is 10.6 Å². The molecule has 2 aromatic heterocycles. The van der Waals surface area contributed by atoms with Crippen molar-refractivity contribution in [2.75, 3.05) is 11.9 Å². The molecule has 1 amide bonds. The maximum absolute atomic E-state index is 13.2. The van der Waals surface area contributed by atoms with Crippen LogP contribution >= 0.6 is 11.3 Å². The summed E-state index contributed by atoms with van der Waals surface area (Å²) in [6.45, 7) is 0.230. The number of hydrogen-bond donors (Lipinski definition) is 2. The first-order valence-corrected chi connectivity index (χ1v) is 11.3. The molecule has 3 heterocycles. The van der Waals surface area contributed by atoms with Gasteiger partial charge in [-0.3, -0.25) is 9.59 Å². The second-order valence-corrected chi connectivity index (χ2v) is 9.90. The van der Waals surface area contributed by atoms with E-state index in [0.29, 0.717) is 29.1 Å². The molecule has 30 heavy (non-hydrogen) atoms. The lowest BCUT2D eigenvalue weighted by atomic mass is 10.2. The van der Waals surface area contributed by atoms with Crippen molar-refractivity contribution >= 4 is 33.0 Å². The number of nitrogens with zero attached hydrogens (tertiary/aromatic N) is 2. The van der Waals surface area contributed by atoms with E-state index in [-0.39, 0.29) is 16.3 Å². The summed E-state index contributed by atoms with van der Waals surface area (Å²) in [4.78, 5) is 24.4. The van der Waals surface area contributed by atoms with Crippen molar-refractivity contribution in [2.45, 2.75) is 23.1 Å². The molecule has 8 nitrogen and oxygen atoms in total. The molecule has 1 atom stereocenters. The van der Waals surface area contributed by atoms with Crippen molar-refractivity contribution in [1.29, 1.82) is 0 Å². The number of aromatic nitrogens is 2. The quantitative estimate of drug-likeness (QED) is 0.623. The molecule has 0 radical (unpaired) electrons. The van der Waals surface area contributed by atoms with Crippen LogP contribution < -0.4 is 10.9 Å². The van der Waals surface area contributed by atoms with Gasteiger partial charge in [0, 0.05) is 18.3 Å². The summed E-state index contributed by atoms with van der Waals surface area (Å²) >= 11 is 1.02. The Morgan fingerprint density at radius 1 is 1.17 bits per heavy atom. The zero-order valence-corrected chi connectivity index (χ0v) is 17.2. The van der Waals surface area contributed by atoms with Crippen molar-refractivity contribution in [3.8, 4) is 10.6 Å². The van der Waals surface area contributed by atoms with Crippen LogP contribution in [0.15, 0.2) is 57.5 Å². The molecule has 0 spiro atoms. The molecule has 2 N–H and O–H groups in total. The zero-order valence-electron chi connectivity index (χ0n) is 15.5. The third-order valence-corrected chi connectivity index (χ3v) is 8.18. The van der Waals surface area contributed by atoms with E-state index in [4.69, 9.17) is 0 Å². The van der Waals surface area contributed by atoms with Crippen molar-refractivity contribution in [3.63, 3.8) is 0 Å². The lowest BCUT2D eigenvalue weighted by Gasteiger charge is -2.22. The molecule has 0 aliphatic carbocycles. The maximum atomic E-state index is 13.2. The molecular weight excluding hydrogens is 431 g/mol. The van der Waals surface area contributed by atoms with Crippen LogP contribution in [0, 0.1) is 5.82 Å². The smallest absolute Gasteiger partial charge is 0.264 e. The minimum Gasteiger partial charge on any atom is -0.325 e. The Morgan fingerprint density at radius 3 is 2.63 bits per heavy atom. The van der Waals surface area contributed by atoms with Gasteiger partial charge in [-0.25, -0.2) is 17.9 Å². The monoisotopic (exact) mass is 448 g/mol. The number of sulfonamides is 1. The molecule has 156 valence electrons. The van der Waals surface area contributed by atoms with Gasteiger partial charge in [-0.05, 0) is 55.3 Å². The molecule has 3 aromatic rings. The first-order chi connectivity index (χ1) is 14.3. The van der Waals surface area contributed by atoms with Gasteiger partial charge in [-0.15, -0.1) is 11.3 Å². The molecule has 0 bridgehead atoms. The number of anilines is 1. The van der Waals surface area contributed by atoms with E-state index in [1.165, 1.54) is 46.8 Å². The van der Waals surface area contributed by atoms with Crippen molar-refractivity contribution in [1.82, 2.24) is 14.5 Å². The third kappa shape index (κ3) is 4.04. The van der Waals surface area contributed by atoms with Gasteiger partial charge in [0.15, 0.2) is 0 Å². The molecule has 1 saturated heterocycles. The standard InChI is InChI=1S/C19H17FN4O4S2/c20-12-3-5-13(6-4-12)21-19(26)15-2-1-11-24(15)30(27,28)18-10-8-16(29-18)14-7-9-17(25)23-22-14/h3-10,15H,1-2,11H2,(H,21,26)(H,23,25). The number of halogens is 1. The summed E-state index contributed by atoms with van der Waals surface area (Å²) in [5, 5.41) is 8.88. The van der Waals surface area contributed by atoms with Crippen molar-refractivity contribution < 1.29 is 17.6 Å². The fraction of sp³-hybridized carbons (Fsp3) is 0.211. The van der Waals surface area contributed by atoms with E-state index >= 15 is 0 Å². The Kier molecular flexibility index (Phi) is 5.50. The van der Waals surface area contributed by atoms with Crippen LogP contribution in [0.2, 0.25) is 0 Å². The second-order valence-electron chi connectivity index (χ2n) is 6.70. The van der Waals surface area contributed by atoms with Crippen LogP contribution in [0.4, 0.5) is 10.1 Å². The fourth-order valence-corrected chi connectivity index (χ4v) is 6.30. The largest absolute Gasteiger partial charge is 0.325 e. The first-order valence-electron chi connectivity index (χ1n) is 9.09. The minimum atomic E-state index is -3.90. The van der Waals surface area contributed by atoms with Crippen LogP contribution in [0.5, 0.6) is 0 Å². The number of carbonyl (C=O) groups is 1. The predicted molar refractivity (Wildman–Crippen MR) is 110 cm³/mol. The van der Waals surface area contributed by atoms with Gasteiger partial charge < -0.3 is 5.32 Å². The SMILES string of the molecule is O=C(Nc1ccc(F)cc1)C1CCCN1S(=O)(=O)c1ccc(-c2ccc(=O)[nH]n2)s1. The van der Waals surface area contributed by atoms with Crippen LogP contribution in [0.1, 0.15) is 12.8 Å². The van der Waals surface area contributed by atoms with Gasteiger partial charge in [-0.2, -0.15) is 9.40 Å². The third-order valence-electron chi connectivity index (χ3n) is 4.69. The Hall–Kier alpha value is -2.89. The lowest BCUT2D eigenvalue weighted by Crippen LogP contribution is -2.42. The minimum absolute atomic E-state index is 0.0898. The number of H-pyrrole nitrogens is 1. The van der Waals surface area contributed by atoms with Gasteiger partial charge in [0.2, 0.25) is 5.91 Å². The molecule has 1 aromatic carbocycles. The van der Waals surface area contributed by atoms with Crippen molar-refractivity contribution in [2.24, 2.45) is 0 Å². The summed E-state index contributed by atoms with van der Waals surface area (Å²) in [7, 11) is -3.90. The molecule has 1 fully saturated rings. The zero-order chi connectivity index (χ0) is 21.3. The van der Waals surface area contributed by atoms with Crippen molar-refractivity contribution in [3.05, 3.63) is 64.7 Å². The fourth-order valence-electron chi connectivity index (χ4n) is 3.24. The van der Waals surface area contributed by atoms with E-state index in [0.717, 1.165) is 11.3 Å². The maximum Gasteiger partial charge on any atom is 0.264 e. The highest BCUT2D eigenvalue weighted by Gasteiger charge is 2.40. The topological polar surface area (TPSA) is 112 Å². The average molecular weight is 449 g/mol. The van der Waals surface area contributed by atoms with Gasteiger partial charge in [-0.1, -0.05) is 0 Å². The summed E-state index contributed by atoms with van der Waals surface area (Å²) in [5.41, 5.74) is 0.497. The number of nitrogens with one attached hydrogen (secondary N) is 2. The van der Waals surface area contributed by atoms with Gasteiger partial charge in [0.25, 0.3) is 15.6 Å². The summed E-state index contributed by atoms with van der Waals surface area (Å²) < 4.78 is 40.7. The van der Waals surface area contributed by atoms with Gasteiger partial charge >= 0.3 is 0 Å². The number of benzene rings is 1. The van der Waals surface area contributed by atoms with Crippen LogP contribution in [0.3, 0.4) is 0 Å². The molecule has 1 unspecified atom stereocenters. The number of hydrogen-bond acceptors (Lipinski definition) is 6. The summed E-state index contributed by atoms with van der Waals surface area (Å²) in [6.07, 6.45) is 0.951. The number of rotatable bonds is 5. The highest BCUT2D eigenvalue weighted by atomic mass is 32.2. The van der Waals surface area contributed by atoms with Crippen LogP contribution in [-0.2, 0) is 14.8 Å². The summed E-state index contributed by atoms with van der Waals surface area (Å²) in [6, 6.07) is 10.3. The number of aromatic amines is 1. The van der Waals surface area contributed by atoms with E-state index < -0.39 is 27.8 Å². The van der Waals surface area contributed by atoms with E-state index in [1.807, 2.05) is 0 Å². The molecule has 0 saturated carbocycles. The Labute approximate surface area is 175 Å². The Balaban J connectivity index is 1.55. The average Bonchev–Trinajstić information content (AvgIpc) is 3.41. The molecule has 4 rings (SSSR count). The molecular formula is C19H17FN4O4S2. The number of amides is 1. The van der Waals surface area contributed by atoms with Crippen LogP contribution in [-0.4, -0.2) is 41.4 Å². The summed E-state index contributed by atoms with van der Waals surface area (Å²) in [5.74, 6) is -0.884. The Bertz CT molecular complexity index is 1220. The van der Waals surface area contributed by atoms with E-state index in [1.54, 1.807) is 6.07 Å². The number of thiophene rings is 1. The van der Waals surface area contributed by atoms with Gasteiger partial charge in [0.05, 0.1) is 4.88 Å². The predicted octanol–water partition coefficient (Wildman–Crippen LogP) is 2.43. The normalized spacial score (nSPS) is 17.2. The van der Waals surface area contributed by atoms with E-state index in [9.17, 15) is 22.4 Å². The van der Waals surface area contributed by atoms with Gasteiger partial charge in [0.1, 0.15) is 21.8 Å².